The monoisotopic (exact) mass is 346 g/mol. The zero-order valence-corrected chi connectivity index (χ0v) is 14.3. The molecule has 0 spiro atoms. The Morgan fingerprint density at radius 3 is 2.46 bits per heavy atom. The number of hydrogen-bond donors (Lipinski definition) is 0. The maximum atomic E-state index is 12.5. The second kappa shape index (κ2) is 7.30. The molecule has 0 saturated carbocycles. The summed E-state index contributed by atoms with van der Waals surface area (Å²) in [6.07, 6.45) is 1.70. The molecule has 24 heavy (non-hydrogen) atoms. The van der Waals surface area contributed by atoms with E-state index in [1.807, 2.05) is 0 Å². The summed E-state index contributed by atoms with van der Waals surface area (Å²) in [6.45, 7) is 3.16. The molecule has 6 heteroatoms. The first-order valence-corrected chi connectivity index (χ1v) is 8.22. The van der Waals surface area contributed by atoms with Gasteiger partial charge >= 0.3 is 0 Å². The van der Waals surface area contributed by atoms with Crippen LogP contribution in [0.3, 0.4) is 0 Å². The summed E-state index contributed by atoms with van der Waals surface area (Å²) in [6, 6.07) is 8.41. The standard InChI is InChI=1S/C18H19ClN2O3/c1-20-11-14(18(23)13-2-4-15(19)5-3-13)10-16(20)17(22)12-21-6-8-24-9-7-21/h2-5,10-11H,6-9,12H2,1H3. The van der Waals surface area contributed by atoms with Gasteiger partial charge in [-0.15, -0.1) is 0 Å². The van der Waals surface area contributed by atoms with Crippen molar-refractivity contribution in [1.82, 2.24) is 9.47 Å². The average Bonchev–Trinajstić information content (AvgIpc) is 2.98. The lowest BCUT2D eigenvalue weighted by Crippen LogP contribution is -2.39. The molecule has 0 radical (unpaired) electrons. The second-order valence-electron chi connectivity index (χ2n) is 5.87. The van der Waals surface area contributed by atoms with Crippen LogP contribution in [0.4, 0.5) is 0 Å². The average molecular weight is 347 g/mol. The molecule has 0 aliphatic carbocycles. The first kappa shape index (κ1) is 16.9. The first-order valence-electron chi connectivity index (χ1n) is 7.84. The fourth-order valence-electron chi connectivity index (χ4n) is 2.78. The smallest absolute Gasteiger partial charge is 0.194 e. The molecule has 5 nitrogen and oxygen atoms in total. The molecule has 0 bridgehead atoms. The van der Waals surface area contributed by atoms with Gasteiger partial charge in [0.1, 0.15) is 0 Å². The predicted molar refractivity (Wildman–Crippen MR) is 91.9 cm³/mol. The van der Waals surface area contributed by atoms with E-state index in [0.29, 0.717) is 41.6 Å². The van der Waals surface area contributed by atoms with Crippen molar-refractivity contribution in [2.45, 2.75) is 0 Å². The lowest BCUT2D eigenvalue weighted by Gasteiger charge is -2.25. The molecule has 3 rings (SSSR count). The highest BCUT2D eigenvalue weighted by Crippen LogP contribution is 2.16. The molecule has 0 N–H and O–H groups in total. The van der Waals surface area contributed by atoms with Crippen molar-refractivity contribution >= 4 is 23.2 Å². The van der Waals surface area contributed by atoms with Gasteiger partial charge in [-0.1, -0.05) is 11.6 Å². The number of benzene rings is 1. The Hall–Kier alpha value is -1.95. The van der Waals surface area contributed by atoms with Gasteiger partial charge in [0, 0.05) is 42.5 Å². The third-order valence-electron chi connectivity index (χ3n) is 4.13. The number of rotatable bonds is 5. The highest BCUT2D eigenvalue weighted by atomic mass is 35.5. The maximum absolute atomic E-state index is 12.5. The fraction of sp³-hybridized carbons (Fsp3) is 0.333. The fourth-order valence-corrected chi connectivity index (χ4v) is 2.90. The summed E-state index contributed by atoms with van der Waals surface area (Å²) in [5, 5.41) is 0.584. The van der Waals surface area contributed by atoms with Gasteiger partial charge in [0.25, 0.3) is 0 Å². The summed E-state index contributed by atoms with van der Waals surface area (Å²) >= 11 is 5.85. The van der Waals surface area contributed by atoms with E-state index in [1.54, 1.807) is 48.1 Å². The topological polar surface area (TPSA) is 51.5 Å². The number of aryl methyl sites for hydroxylation is 1. The highest BCUT2D eigenvalue weighted by Gasteiger charge is 2.20. The number of ketones is 2. The van der Waals surface area contributed by atoms with E-state index in [1.165, 1.54) is 0 Å². The number of carbonyl (C=O) groups excluding carboxylic acids is 2. The zero-order chi connectivity index (χ0) is 17.1. The van der Waals surface area contributed by atoms with Crippen LogP contribution in [-0.4, -0.2) is 53.9 Å². The molecule has 1 aromatic heterocycles. The normalized spacial score (nSPS) is 15.4. The van der Waals surface area contributed by atoms with E-state index in [9.17, 15) is 9.59 Å². The third-order valence-corrected chi connectivity index (χ3v) is 4.38. The van der Waals surface area contributed by atoms with Gasteiger partial charge in [-0.25, -0.2) is 0 Å². The Kier molecular flexibility index (Phi) is 5.14. The Morgan fingerprint density at radius 1 is 1.12 bits per heavy atom. The molecule has 0 atom stereocenters. The lowest BCUT2D eigenvalue weighted by atomic mass is 10.1. The van der Waals surface area contributed by atoms with Gasteiger partial charge in [0.15, 0.2) is 11.6 Å². The molecule has 2 aromatic rings. The SMILES string of the molecule is Cn1cc(C(=O)c2ccc(Cl)cc2)cc1C(=O)CN1CCOCC1. The Balaban J connectivity index is 1.75. The number of ether oxygens (including phenoxy) is 1. The molecular weight excluding hydrogens is 328 g/mol. The van der Waals surface area contributed by atoms with Gasteiger partial charge < -0.3 is 9.30 Å². The molecule has 1 saturated heterocycles. The molecular formula is C18H19ClN2O3. The summed E-state index contributed by atoms with van der Waals surface area (Å²) in [7, 11) is 1.78. The van der Waals surface area contributed by atoms with Crippen LogP contribution in [-0.2, 0) is 11.8 Å². The van der Waals surface area contributed by atoms with Crippen molar-refractivity contribution in [2.24, 2.45) is 7.05 Å². The van der Waals surface area contributed by atoms with Gasteiger partial charge in [0.05, 0.1) is 25.5 Å². The van der Waals surface area contributed by atoms with Gasteiger partial charge in [-0.2, -0.15) is 0 Å². The minimum absolute atomic E-state index is 0.00885. The van der Waals surface area contributed by atoms with Crippen LogP contribution in [0.2, 0.25) is 5.02 Å². The number of carbonyl (C=O) groups is 2. The van der Waals surface area contributed by atoms with Crippen molar-refractivity contribution in [1.29, 1.82) is 0 Å². The van der Waals surface area contributed by atoms with Crippen LogP contribution in [0.25, 0.3) is 0 Å². The quantitative estimate of drug-likeness (QED) is 0.780. The third kappa shape index (κ3) is 3.75. The van der Waals surface area contributed by atoms with E-state index in [4.69, 9.17) is 16.3 Å². The van der Waals surface area contributed by atoms with Crippen molar-refractivity contribution in [3.63, 3.8) is 0 Å². The van der Waals surface area contributed by atoms with Crippen LogP contribution in [0, 0.1) is 0 Å². The summed E-state index contributed by atoms with van der Waals surface area (Å²) < 4.78 is 7.01. The largest absolute Gasteiger partial charge is 0.379 e. The van der Waals surface area contributed by atoms with Crippen LogP contribution in [0.1, 0.15) is 26.4 Å². The van der Waals surface area contributed by atoms with Crippen molar-refractivity contribution in [3.8, 4) is 0 Å². The Bertz CT molecular complexity index is 746. The number of hydrogen-bond acceptors (Lipinski definition) is 4. The number of aromatic nitrogens is 1. The van der Waals surface area contributed by atoms with E-state index in [2.05, 4.69) is 4.90 Å². The van der Waals surface area contributed by atoms with Crippen LogP contribution >= 0.6 is 11.6 Å². The highest BCUT2D eigenvalue weighted by molar-refractivity contribution is 6.30. The molecule has 2 heterocycles. The number of nitrogens with zero attached hydrogens (tertiary/aromatic N) is 2. The van der Waals surface area contributed by atoms with Crippen molar-refractivity contribution in [3.05, 3.63) is 58.4 Å². The maximum Gasteiger partial charge on any atom is 0.194 e. The first-order chi connectivity index (χ1) is 11.5. The molecule has 1 fully saturated rings. The molecule has 1 aliphatic heterocycles. The molecule has 1 aromatic carbocycles. The number of Topliss-reactive ketones (excluding diaryl/α,β-unsaturated/α-hetero) is 1. The van der Waals surface area contributed by atoms with E-state index in [-0.39, 0.29) is 11.6 Å². The minimum Gasteiger partial charge on any atom is -0.379 e. The molecule has 1 aliphatic rings. The number of halogens is 1. The lowest BCUT2D eigenvalue weighted by molar-refractivity contribution is 0.0369. The summed E-state index contributed by atoms with van der Waals surface area (Å²) in [5.41, 5.74) is 1.60. The Labute approximate surface area is 145 Å². The van der Waals surface area contributed by atoms with Crippen LogP contribution in [0.15, 0.2) is 36.5 Å². The van der Waals surface area contributed by atoms with Gasteiger partial charge in [-0.3, -0.25) is 14.5 Å². The summed E-state index contributed by atoms with van der Waals surface area (Å²) in [4.78, 5) is 27.1. The zero-order valence-electron chi connectivity index (χ0n) is 13.5. The van der Waals surface area contributed by atoms with E-state index < -0.39 is 0 Å². The molecule has 126 valence electrons. The van der Waals surface area contributed by atoms with Crippen LogP contribution in [0.5, 0.6) is 0 Å². The molecule has 0 unspecified atom stereocenters. The Morgan fingerprint density at radius 2 is 1.79 bits per heavy atom. The van der Waals surface area contributed by atoms with Crippen molar-refractivity contribution in [2.75, 3.05) is 32.8 Å². The van der Waals surface area contributed by atoms with E-state index >= 15 is 0 Å². The minimum atomic E-state index is -0.118. The predicted octanol–water partition coefficient (Wildman–Crippen LogP) is 2.42. The van der Waals surface area contributed by atoms with Crippen LogP contribution < -0.4 is 0 Å². The van der Waals surface area contributed by atoms with E-state index in [0.717, 1.165) is 13.1 Å². The molecule has 0 amide bonds. The second-order valence-corrected chi connectivity index (χ2v) is 6.31. The van der Waals surface area contributed by atoms with Gasteiger partial charge in [-0.05, 0) is 30.3 Å². The van der Waals surface area contributed by atoms with Crippen molar-refractivity contribution < 1.29 is 14.3 Å². The number of morpholine rings is 1. The van der Waals surface area contributed by atoms with Gasteiger partial charge in [0.2, 0.25) is 0 Å². The summed E-state index contributed by atoms with van der Waals surface area (Å²) in [5.74, 6) is -0.109.